The van der Waals surface area contributed by atoms with E-state index in [4.69, 9.17) is 15.2 Å². The predicted molar refractivity (Wildman–Crippen MR) is 124 cm³/mol. The Balaban J connectivity index is 1.71. The van der Waals surface area contributed by atoms with Crippen LogP contribution < -0.4 is 16.0 Å². The Morgan fingerprint density at radius 2 is 1.94 bits per heavy atom. The first-order valence-electron chi connectivity index (χ1n) is 11.1. The lowest BCUT2D eigenvalue weighted by Crippen LogP contribution is -2.41. The highest BCUT2D eigenvalue weighted by Crippen LogP contribution is 2.26. The van der Waals surface area contributed by atoms with Crippen molar-refractivity contribution in [3.8, 4) is 11.5 Å². The fourth-order valence-corrected chi connectivity index (χ4v) is 4.29. The number of pyridine rings is 1. The Bertz CT molecular complexity index is 1140. The van der Waals surface area contributed by atoms with Gasteiger partial charge in [0, 0.05) is 31.3 Å². The van der Waals surface area contributed by atoms with Crippen molar-refractivity contribution >= 4 is 16.8 Å². The van der Waals surface area contributed by atoms with Crippen molar-refractivity contribution < 1.29 is 14.3 Å². The van der Waals surface area contributed by atoms with Crippen LogP contribution in [0, 0.1) is 0 Å². The van der Waals surface area contributed by atoms with E-state index in [1.54, 1.807) is 4.57 Å². The SMILES string of the molecule is CCOCCn1c(=O)c(CN2CCCC2C(N)=O)cc2ccc(Oc3ccccc3)cc21. The number of hydrogen-bond acceptors (Lipinski definition) is 5. The molecule has 0 aliphatic carbocycles. The van der Waals surface area contributed by atoms with E-state index in [0.29, 0.717) is 37.6 Å². The third-order valence-electron chi connectivity index (χ3n) is 5.85. The summed E-state index contributed by atoms with van der Waals surface area (Å²) in [5.41, 5.74) is 6.93. The summed E-state index contributed by atoms with van der Waals surface area (Å²) >= 11 is 0. The number of ether oxygens (including phenoxy) is 2. The lowest BCUT2D eigenvalue weighted by Gasteiger charge is -2.22. The third kappa shape index (κ3) is 4.84. The van der Waals surface area contributed by atoms with Crippen molar-refractivity contribution in [3.05, 3.63) is 70.5 Å². The van der Waals surface area contributed by atoms with E-state index in [2.05, 4.69) is 0 Å². The standard InChI is InChI=1S/C25H29N3O4/c1-2-31-14-13-28-23-16-21(32-20-7-4-3-5-8-20)11-10-18(23)15-19(25(28)30)17-27-12-6-9-22(27)24(26)29/h3-5,7-8,10-11,15-16,22H,2,6,9,12-14,17H2,1H3,(H2,26,29). The number of hydrogen-bond donors (Lipinski definition) is 1. The summed E-state index contributed by atoms with van der Waals surface area (Å²) in [6.45, 7) is 4.55. The van der Waals surface area contributed by atoms with Crippen molar-refractivity contribution in [1.82, 2.24) is 9.47 Å². The highest BCUT2D eigenvalue weighted by molar-refractivity contribution is 5.82. The molecule has 0 saturated carbocycles. The molecule has 1 unspecified atom stereocenters. The molecule has 3 aromatic rings. The zero-order chi connectivity index (χ0) is 22.5. The summed E-state index contributed by atoms with van der Waals surface area (Å²) in [7, 11) is 0. The van der Waals surface area contributed by atoms with Gasteiger partial charge < -0.3 is 19.8 Å². The highest BCUT2D eigenvalue weighted by Gasteiger charge is 2.29. The van der Waals surface area contributed by atoms with E-state index < -0.39 is 0 Å². The lowest BCUT2D eigenvalue weighted by atomic mass is 10.1. The zero-order valence-electron chi connectivity index (χ0n) is 18.3. The number of nitrogens with zero attached hydrogens (tertiary/aromatic N) is 2. The van der Waals surface area contributed by atoms with Crippen molar-refractivity contribution in [3.63, 3.8) is 0 Å². The Hall–Kier alpha value is -3.16. The summed E-state index contributed by atoms with van der Waals surface area (Å²) in [4.78, 5) is 27.2. The molecule has 2 N–H and O–H groups in total. The smallest absolute Gasteiger partial charge is 0.255 e. The summed E-state index contributed by atoms with van der Waals surface area (Å²) in [5.74, 6) is 1.07. The van der Waals surface area contributed by atoms with Gasteiger partial charge >= 0.3 is 0 Å². The number of para-hydroxylation sites is 1. The lowest BCUT2D eigenvalue weighted by molar-refractivity contribution is -0.122. The number of amides is 1. The number of carbonyl (C=O) groups is 1. The molecule has 4 rings (SSSR count). The van der Waals surface area contributed by atoms with Gasteiger partial charge in [-0.05, 0) is 62.0 Å². The molecule has 168 valence electrons. The van der Waals surface area contributed by atoms with Gasteiger partial charge in [0.1, 0.15) is 11.5 Å². The van der Waals surface area contributed by atoms with Crippen LogP contribution in [0.5, 0.6) is 11.5 Å². The van der Waals surface area contributed by atoms with Crippen LogP contribution in [0.3, 0.4) is 0 Å². The van der Waals surface area contributed by atoms with Gasteiger partial charge in [-0.3, -0.25) is 14.5 Å². The molecule has 1 aliphatic rings. The van der Waals surface area contributed by atoms with Gasteiger partial charge in [-0.1, -0.05) is 18.2 Å². The summed E-state index contributed by atoms with van der Waals surface area (Å²) in [5, 5.41) is 0.936. The molecule has 0 spiro atoms. The fourth-order valence-electron chi connectivity index (χ4n) is 4.29. The average Bonchev–Trinajstić information content (AvgIpc) is 3.26. The topological polar surface area (TPSA) is 86.8 Å². The van der Waals surface area contributed by atoms with Crippen LogP contribution in [0.15, 0.2) is 59.4 Å². The summed E-state index contributed by atoms with van der Waals surface area (Å²) < 4.78 is 13.2. The number of fused-ring (bicyclic) bond motifs is 1. The number of benzene rings is 2. The van der Waals surface area contributed by atoms with Crippen LogP contribution in [0.1, 0.15) is 25.3 Å². The minimum atomic E-state index is -0.331. The summed E-state index contributed by atoms with van der Waals surface area (Å²) in [6.07, 6.45) is 1.64. The molecule has 2 heterocycles. The van der Waals surface area contributed by atoms with Crippen molar-refractivity contribution in [2.45, 2.75) is 38.9 Å². The maximum Gasteiger partial charge on any atom is 0.255 e. The van der Waals surface area contributed by atoms with E-state index in [9.17, 15) is 9.59 Å². The fraction of sp³-hybridized carbons (Fsp3) is 0.360. The van der Waals surface area contributed by atoms with Crippen molar-refractivity contribution in [2.75, 3.05) is 19.8 Å². The predicted octanol–water partition coefficient (Wildman–Crippen LogP) is 3.28. The second kappa shape index (κ2) is 9.97. The minimum Gasteiger partial charge on any atom is -0.457 e. The molecule has 0 radical (unpaired) electrons. The Kier molecular flexibility index (Phi) is 6.87. The van der Waals surface area contributed by atoms with Crippen LogP contribution in [0.25, 0.3) is 10.9 Å². The van der Waals surface area contributed by atoms with Crippen LogP contribution in [0.2, 0.25) is 0 Å². The maximum absolute atomic E-state index is 13.4. The number of likely N-dealkylation sites (tertiary alicyclic amines) is 1. The van der Waals surface area contributed by atoms with Gasteiger partial charge in [0.15, 0.2) is 0 Å². The Labute approximate surface area is 187 Å². The zero-order valence-corrected chi connectivity index (χ0v) is 18.3. The summed E-state index contributed by atoms with van der Waals surface area (Å²) in [6, 6.07) is 16.9. The molecule has 7 heteroatoms. The molecule has 1 aliphatic heterocycles. The van der Waals surface area contributed by atoms with Gasteiger partial charge in [-0.25, -0.2) is 0 Å². The van der Waals surface area contributed by atoms with E-state index >= 15 is 0 Å². The molecule has 7 nitrogen and oxygen atoms in total. The number of aromatic nitrogens is 1. The number of primary amides is 1. The highest BCUT2D eigenvalue weighted by atomic mass is 16.5. The van der Waals surface area contributed by atoms with E-state index in [1.165, 1.54) is 0 Å². The van der Waals surface area contributed by atoms with Crippen LogP contribution >= 0.6 is 0 Å². The number of nitrogens with two attached hydrogens (primary N) is 1. The molecule has 1 saturated heterocycles. The monoisotopic (exact) mass is 435 g/mol. The molecule has 1 aromatic heterocycles. The van der Waals surface area contributed by atoms with Crippen LogP contribution in [-0.2, 0) is 22.6 Å². The second-order valence-corrected chi connectivity index (χ2v) is 7.99. The van der Waals surface area contributed by atoms with Crippen LogP contribution in [0.4, 0.5) is 0 Å². The molecule has 1 fully saturated rings. The van der Waals surface area contributed by atoms with Crippen molar-refractivity contribution in [1.29, 1.82) is 0 Å². The largest absolute Gasteiger partial charge is 0.457 e. The molecular formula is C25H29N3O4. The molecular weight excluding hydrogens is 406 g/mol. The van der Waals surface area contributed by atoms with Gasteiger partial charge in [-0.15, -0.1) is 0 Å². The normalized spacial score (nSPS) is 16.5. The maximum atomic E-state index is 13.4. The number of carbonyl (C=O) groups excluding carboxylic acids is 1. The van der Waals surface area contributed by atoms with Gasteiger partial charge in [0.2, 0.25) is 5.91 Å². The van der Waals surface area contributed by atoms with E-state index in [1.807, 2.05) is 66.4 Å². The van der Waals surface area contributed by atoms with E-state index in [-0.39, 0.29) is 17.5 Å². The quantitative estimate of drug-likeness (QED) is 0.521. The first-order valence-corrected chi connectivity index (χ1v) is 11.1. The number of rotatable bonds is 9. The first-order chi connectivity index (χ1) is 15.6. The van der Waals surface area contributed by atoms with Crippen LogP contribution in [-0.4, -0.2) is 41.2 Å². The first kappa shape index (κ1) is 22.0. The Morgan fingerprint density at radius 3 is 2.69 bits per heavy atom. The Morgan fingerprint density at radius 1 is 1.12 bits per heavy atom. The molecule has 1 atom stereocenters. The van der Waals surface area contributed by atoms with E-state index in [0.717, 1.165) is 36.0 Å². The third-order valence-corrected chi connectivity index (χ3v) is 5.85. The van der Waals surface area contributed by atoms with Gasteiger partial charge in [0.05, 0.1) is 18.2 Å². The molecule has 2 aromatic carbocycles. The average molecular weight is 436 g/mol. The minimum absolute atomic E-state index is 0.0795. The van der Waals surface area contributed by atoms with Gasteiger partial charge in [-0.2, -0.15) is 0 Å². The second-order valence-electron chi connectivity index (χ2n) is 7.99. The van der Waals surface area contributed by atoms with Gasteiger partial charge in [0.25, 0.3) is 5.56 Å². The molecule has 32 heavy (non-hydrogen) atoms. The van der Waals surface area contributed by atoms with Crippen molar-refractivity contribution in [2.24, 2.45) is 5.73 Å². The molecule has 0 bridgehead atoms. The molecule has 1 amide bonds.